The molecule has 0 atom stereocenters. The van der Waals surface area contributed by atoms with Gasteiger partial charge in [0.2, 0.25) is 0 Å². The minimum Gasteiger partial charge on any atom is -0.361 e. The summed E-state index contributed by atoms with van der Waals surface area (Å²) in [6, 6.07) is 10.8. The second-order valence-electron chi connectivity index (χ2n) is 6.59. The van der Waals surface area contributed by atoms with Crippen molar-refractivity contribution in [3.05, 3.63) is 58.2 Å². The average molecular weight is 292 g/mol. The molecule has 2 aromatic rings. The first-order chi connectivity index (χ1) is 10.9. The molecule has 0 radical (unpaired) electrons. The first-order valence-corrected chi connectivity index (χ1v) is 8.54. The lowest BCUT2D eigenvalue weighted by Crippen LogP contribution is -2.35. The molecule has 4 rings (SSSR count). The zero-order valence-corrected chi connectivity index (χ0v) is 13.1. The fourth-order valence-corrected chi connectivity index (χ4v) is 3.90. The molecule has 0 amide bonds. The molecular weight excluding hydrogens is 268 g/mol. The van der Waals surface area contributed by atoms with E-state index in [1.54, 1.807) is 5.56 Å². The lowest BCUT2D eigenvalue weighted by molar-refractivity contribution is 0.204. The Kier molecular flexibility index (Phi) is 3.86. The van der Waals surface area contributed by atoms with Crippen molar-refractivity contribution in [3.63, 3.8) is 0 Å². The van der Waals surface area contributed by atoms with Gasteiger partial charge in [-0.25, -0.2) is 0 Å². The zero-order valence-electron chi connectivity index (χ0n) is 13.1. The maximum absolute atomic E-state index is 3.47. The smallest absolute Gasteiger partial charge is 0.0413 e. The lowest BCUT2D eigenvalue weighted by atomic mass is 9.89. The van der Waals surface area contributed by atoms with Crippen molar-refractivity contribution in [2.75, 3.05) is 13.1 Å². The van der Waals surface area contributed by atoms with Gasteiger partial charge in [0.1, 0.15) is 0 Å². The van der Waals surface area contributed by atoms with E-state index < -0.39 is 0 Å². The Morgan fingerprint density at radius 2 is 1.77 bits per heavy atom. The number of rotatable bonds is 3. The number of hydrogen-bond donors (Lipinski definition) is 1. The van der Waals surface area contributed by atoms with Gasteiger partial charge in [0.15, 0.2) is 0 Å². The quantitative estimate of drug-likeness (QED) is 0.921. The molecule has 2 nitrogen and oxygen atoms in total. The Bertz CT molecular complexity index is 734. The third-order valence-corrected chi connectivity index (χ3v) is 5.12. The molecule has 114 valence electrons. The Morgan fingerprint density at radius 3 is 2.59 bits per heavy atom. The topological polar surface area (TPSA) is 19.0 Å². The molecule has 0 spiro atoms. The number of aromatic nitrogens is 1. The van der Waals surface area contributed by atoms with Crippen molar-refractivity contribution >= 4 is 12.2 Å². The standard InChI is InChI=1S/C20H24N2/c1-2-6-16(7-3-1)15-22-12-10-17(11-13-22)19-14-21-20-9-5-4-8-18(19)20/h1-3,6-9,14,17,21H,4-5,10-13,15H2. The van der Waals surface area contributed by atoms with Crippen LogP contribution in [0.2, 0.25) is 0 Å². The highest BCUT2D eigenvalue weighted by Crippen LogP contribution is 2.26. The van der Waals surface area contributed by atoms with Crippen LogP contribution in [0.1, 0.15) is 42.7 Å². The van der Waals surface area contributed by atoms with E-state index in [1.165, 1.54) is 54.9 Å². The highest BCUT2D eigenvalue weighted by atomic mass is 15.1. The largest absolute Gasteiger partial charge is 0.361 e. The molecular formula is C20H24N2. The molecule has 1 N–H and O–H groups in total. The SMILES string of the molecule is C1=c2[nH]cc(C3CCN(Cc4ccccc4)CC3)c2=CCC1. The number of benzene rings is 1. The van der Waals surface area contributed by atoms with Gasteiger partial charge in [-0.1, -0.05) is 42.5 Å². The summed E-state index contributed by atoms with van der Waals surface area (Å²) in [5.41, 5.74) is 2.99. The molecule has 1 aliphatic heterocycles. The van der Waals surface area contributed by atoms with Gasteiger partial charge in [0.05, 0.1) is 0 Å². The minimum absolute atomic E-state index is 0.731. The summed E-state index contributed by atoms with van der Waals surface area (Å²) in [6.45, 7) is 3.52. The first kappa shape index (κ1) is 13.8. The Hall–Kier alpha value is -1.80. The normalized spacial score (nSPS) is 19.3. The third kappa shape index (κ3) is 2.76. The summed E-state index contributed by atoms with van der Waals surface area (Å²) >= 11 is 0. The number of hydrogen-bond acceptors (Lipinski definition) is 1. The molecule has 1 aromatic heterocycles. The van der Waals surface area contributed by atoms with Crippen LogP contribution in [0.3, 0.4) is 0 Å². The third-order valence-electron chi connectivity index (χ3n) is 5.12. The zero-order chi connectivity index (χ0) is 14.8. The molecule has 2 heterocycles. The highest BCUT2D eigenvalue weighted by Gasteiger charge is 2.22. The van der Waals surface area contributed by atoms with Gasteiger partial charge in [-0.3, -0.25) is 4.90 Å². The van der Waals surface area contributed by atoms with E-state index in [4.69, 9.17) is 0 Å². The number of piperidine rings is 1. The summed E-state index contributed by atoms with van der Waals surface area (Å²) < 4.78 is 0. The molecule has 22 heavy (non-hydrogen) atoms. The van der Waals surface area contributed by atoms with Crippen molar-refractivity contribution in [1.29, 1.82) is 0 Å². The van der Waals surface area contributed by atoms with Crippen molar-refractivity contribution in [2.24, 2.45) is 0 Å². The van der Waals surface area contributed by atoms with Crippen LogP contribution < -0.4 is 10.6 Å². The van der Waals surface area contributed by atoms with E-state index in [0.29, 0.717) is 0 Å². The number of aromatic amines is 1. The van der Waals surface area contributed by atoms with Crippen molar-refractivity contribution in [2.45, 2.75) is 38.1 Å². The second kappa shape index (κ2) is 6.13. The van der Waals surface area contributed by atoms with Gasteiger partial charge in [0.25, 0.3) is 0 Å². The van der Waals surface area contributed by atoms with Crippen molar-refractivity contribution in [3.8, 4) is 0 Å². The van der Waals surface area contributed by atoms with E-state index in [9.17, 15) is 0 Å². The summed E-state index contributed by atoms with van der Waals surface area (Å²) in [5, 5.41) is 2.85. The maximum Gasteiger partial charge on any atom is 0.0413 e. The average Bonchev–Trinajstić information content (AvgIpc) is 3.01. The molecule has 0 unspecified atom stereocenters. The molecule has 1 saturated heterocycles. The van der Waals surface area contributed by atoms with Crippen molar-refractivity contribution in [1.82, 2.24) is 9.88 Å². The Labute approximate surface area is 132 Å². The van der Waals surface area contributed by atoms with Gasteiger partial charge >= 0.3 is 0 Å². The number of nitrogens with zero attached hydrogens (tertiary/aromatic N) is 1. The highest BCUT2D eigenvalue weighted by molar-refractivity contribution is 5.40. The fourth-order valence-electron chi connectivity index (χ4n) is 3.90. The van der Waals surface area contributed by atoms with Crippen LogP contribution in [0.4, 0.5) is 0 Å². The van der Waals surface area contributed by atoms with Gasteiger partial charge in [-0.05, 0) is 61.0 Å². The number of fused-ring (bicyclic) bond motifs is 1. The minimum atomic E-state index is 0.731. The van der Waals surface area contributed by atoms with Crippen LogP contribution in [0, 0.1) is 0 Å². The summed E-state index contributed by atoms with van der Waals surface area (Å²) in [5.74, 6) is 0.731. The van der Waals surface area contributed by atoms with E-state index >= 15 is 0 Å². The molecule has 1 aromatic carbocycles. The number of likely N-dealkylation sites (tertiary alicyclic amines) is 1. The van der Waals surface area contributed by atoms with Crippen LogP contribution in [0.15, 0.2) is 36.5 Å². The van der Waals surface area contributed by atoms with E-state index in [2.05, 4.69) is 58.6 Å². The molecule has 2 heteroatoms. The Balaban J connectivity index is 1.43. The lowest BCUT2D eigenvalue weighted by Gasteiger charge is -2.32. The Morgan fingerprint density at radius 1 is 1.00 bits per heavy atom. The maximum atomic E-state index is 3.47. The summed E-state index contributed by atoms with van der Waals surface area (Å²) in [6.07, 6.45) is 12.0. The van der Waals surface area contributed by atoms with Crippen LogP contribution in [0.5, 0.6) is 0 Å². The number of H-pyrrole nitrogens is 1. The van der Waals surface area contributed by atoms with E-state index in [1.807, 2.05) is 0 Å². The monoisotopic (exact) mass is 292 g/mol. The fraction of sp³-hybridized carbons (Fsp3) is 0.400. The summed E-state index contributed by atoms with van der Waals surface area (Å²) in [4.78, 5) is 6.07. The van der Waals surface area contributed by atoms with Gasteiger partial charge in [0, 0.05) is 18.1 Å². The van der Waals surface area contributed by atoms with E-state index in [-0.39, 0.29) is 0 Å². The number of nitrogens with one attached hydrogen (secondary N) is 1. The van der Waals surface area contributed by atoms with Crippen LogP contribution in [0.25, 0.3) is 12.2 Å². The predicted molar refractivity (Wildman–Crippen MR) is 91.9 cm³/mol. The molecule has 1 fully saturated rings. The van der Waals surface area contributed by atoms with Crippen LogP contribution in [-0.4, -0.2) is 23.0 Å². The first-order valence-electron chi connectivity index (χ1n) is 8.54. The van der Waals surface area contributed by atoms with Crippen LogP contribution >= 0.6 is 0 Å². The second-order valence-corrected chi connectivity index (χ2v) is 6.59. The van der Waals surface area contributed by atoms with Gasteiger partial charge < -0.3 is 4.98 Å². The van der Waals surface area contributed by atoms with Gasteiger partial charge in [-0.2, -0.15) is 0 Å². The molecule has 0 bridgehead atoms. The summed E-state index contributed by atoms with van der Waals surface area (Å²) in [7, 11) is 0. The van der Waals surface area contributed by atoms with Gasteiger partial charge in [-0.15, -0.1) is 0 Å². The molecule has 1 aliphatic carbocycles. The van der Waals surface area contributed by atoms with Crippen molar-refractivity contribution < 1.29 is 0 Å². The molecule has 0 saturated carbocycles. The van der Waals surface area contributed by atoms with Crippen LogP contribution in [-0.2, 0) is 6.54 Å². The molecule has 2 aliphatic rings. The van der Waals surface area contributed by atoms with E-state index in [0.717, 1.165) is 12.5 Å². The predicted octanol–water partition coefficient (Wildman–Crippen LogP) is 2.75.